The molecule has 2 aliphatic rings. The predicted octanol–water partition coefficient (Wildman–Crippen LogP) is 2.63. The molecule has 154 valence electrons. The molecule has 8 heteroatoms. The molecule has 0 unspecified atom stereocenters. The lowest BCUT2D eigenvalue weighted by Crippen LogP contribution is -2.41. The molecule has 0 amide bonds. The van der Waals surface area contributed by atoms with E-state index in [-0.39, 0.29) is 6.61 Å². The maximum Gasteiger partial charge on any atom is 0.494 e. The van der Waals surface area contributed by atoms with Crippen LogP contribution in [0.2, 0.25) is 0 Å². The van der Waals surface area contributed by atoms with E-state index in [0.29, 0.717) is 5.75 Å². The lowest BCUT2D eigenvalue weighted by Gasteiger charge is -2.32. The van der Waals surface area contributed by atoms with Crippen LogP contribution < -0.4 is 15.7 Å². The van der Waals surface area contributed by atoms with Gasteiger partial charge in [0.25, 0.3) is 0 Å². The van der Waals surface area contributed by atoms with Gasteiger partial charge < -0.3 is 23.4 Å². The first-order valence-electron chi connectivity index (χ1n) is 9.83. The van der Waals surface area contributed by atoms with Crippen molar-refractivity contribution in [3.8, 4) is 5.75 Å². The second kappa shape index (κ2) is 7.01. The molecule has 0 radical (unpaired) electrons. The van der Waals surface area contributed by atoms with Crippen LogP contribution in [0.1, 0.15) is 55.4 Å². The molecule has 0 aromatic heterocycles. The summed E-state index contributed by atoms with van der Waals surface area (Å²) in [7, 11) is -1.11. The SMILES string of the molecule is CC1(C)OB(c2cc(OCCF)cc(B3OC(C)(C)C(C)(C)O3)c2)OC1(C)C. The third-order valence-electron chi connectivity index (χ3n) is 6.35. The topological polar surface area (TPSA) is 46.2 Å². The summed E-state index contributed by atoms with van der Waals surface area (Å²) in [4.78, 5) is 0. The molecule has 2 saturated heterocycles. The highest BCUT2D eigenvalue weighted by molar-refractivity contribution is 6.66. The van der Waals surface area contributed by atoms with Gasteiger partial charge in [-0.05, 0) is 78.4 Å². The summed E-state index contributed by atoms with van der Waals surface area (Å²) < 4.78 is 42.9. The molecule has 1 aromatic rings. The molecule has 0 saturated carbocycles. The fourth-order valence-corrected chi connectivity index (χ4v) is 3.12. The molecule has 2 heterocycles. The lowest BCUT2D eigenvalue weighted by molar-refractivity contribution is 0.00578. The van der Waals surface area contributed by atoms with Gasteiger partial charge >= 0.3 is 14.2 Å². The molecule has 1 aromatic carbocycles. The summed E-state index contributed by atoms with van der Waals surface area (Å²) >= 11 is 0. The molecule has 3 rings (SSSR count). The second-order valence-electron chi connectivity index (χ2n) is 9.55. The van der Waals surface area contributed by atoms with Crippen LogP contribution in [-0.2, 0) is 18.6 Å². The van der Waals surface area contributed by atoms with E-state index in [4.69, 9.17) is 23.4 Å². The Morgan fingerprint density at radius 3 is 1.39 bits per heavy atom. The molecule has 28 heavy (non-hydrogen) atoms. The Bertz CT molecular complexity index is 649. The maximum atomic E-state index is 12.7. The van der Waals surface area contributed by atoms with Crippen molar-refractivity contribution in [1.82, 2.24) is 0 Å². The van der Waals surface area contributed by atoms with E-state index in [1.807, 2.05) is 73.6 Å². The van der Waals surface area contributed by atoms with E-state index in [0.717, 1.165) is 10.9 Å². The van der Waals surface area contributed by atoms with Crippen LogP contribution in [-0.4, -0.2) is 49.9 Å². The fraction of sp³-hybridized carbons (Fsp3) is 0.700. The third-order valence-corrected chi connectivity index (χ3v) is 6.35. The summed E-state index contributed by atoms with van der Waals surface area (Å²) in [5.74, 6) is 0.537. The minimum absolute atomic E-state index is 0.0182. The van der Waals surface area contributed by atoms with Gasteiger partial charge in [-0.15, -0.1) is 0 Å². The van der Waals surface area contributed by atoms with Crippen LogP contribution >= 0.6 is 0 Å². The van der Waals surface area contributed by atoms with Gasteiger partial charge in [0.2, 0.25) is 0 Å². The molecule has 0 bridgehead atoms. The van der Waals surface area contributed by atoms with E-state index >= 15 is 0 Å². The van der Waals surface area contributed by atoms with Crippen LogP contribution in [0.3, 0.4) is 0 Å². The Kier molecular flexibility index (Phi) is 5.41. The Morgan fingerprint density at radius 2 is 1.07 bits per heavy atom. The number of benzene rings is 1. The normalized spacial score (nSPS) is 24.6. The van der Waals surface area contributed by atoms with Gasteiger partial charge in [-0.2, -0.15) is 0 Å². The van der Waals surface area contributed by atoms with Crippen molar-refractivity contribution in [1.29, 1.82) is 0 Å². The smallest absolute Gasteiger partial charge is 0.491 e. The van der Waals surface area contributed by atoms with Crippen molar-refractivity contribution >= 4 is 25.2 Å². The molecule has 0 N–H and O–H groups in total. The molecule has 5 nitrogen and oxygen atoms in total. The first-order valence-corrected chi connectivity index (χ1v) is 9.83. The summed E-state index contributed by atoms with van der Waals surface area (Å²) in [6, 6.07) is 5.60. The maximum absolute atomic E-state index is 12.7. The molecule has 0 aliphatic carbocycles. The van der Waals surface area contributed by atoms with E-state index < -0.39 is 43.3 Å². The van der Waals surface area contributed by atoms with Crippen molar-refractivity contribution in [3.05, 3.63) is 18.2 Å². The highest BCUT2D eigenvalue weighted by atomic mass is 19.1. The van der Waals surface area contributed by atoms with Crippen LogP contribution in [0.4, 0.5) is 4.39 Å². The number of rotatable bonds is 5. The van der Waals surface area contributed by atoms with Gasteiger partial charge in [-0.1, -0.05) is 6.07 Å². The fourth-order valence-electron chi connectivity index (χ4n) is 3.12. The van der Waals surface area contributed by atoms with Crippen LogP contribution in [0.25, 0.3) is 0 Å². The summed E-state index contributed by atoms with van der Waals surface area (Å²) in [6.07, 6.45) is 0. The molecule has 2 aliphatic heterocycles. The van der Waals surface area contributed by atoms with Crippen molar-refractivity contribution < 1.29 is 27.7 Å². The molecule has 0 atom stereocenters. The standard InChI is InChI=1S/C20H31B2FO5/c1-17(2)18(3,4)26-21(25-17)14-11-15(13-16(12-14)24-10-9-23)22-27-19(5,6)20(7,8)28-22/h11-13H,9-10H2,1-8H3. The molecule has 2 fully saturated rings. The van der Waals surface area contributed by atoms with E-state index in [2.05, 4.69) is 0 Å². The zero-order valence-electron chi connectivity index (χ0n) is 18.2. The quantitative estimate of drug-likeness (QED) is 0.722. The van der Waals surface area contributed by atoms with Gasteiger partial charge in [0.1, 0.15) is 19.0 Å². The average molecular weight is 392 g/mol. The summed E-state index contributed by atoms with van der Waals surface area (Å²) in [5.41, 5.74) is -0.259. The Balaban J connectivity index is 1.95. The number of hydrogen-bond donors (Lipinski definition) is 0. The van der Waals surface area contributed by atoms with E-state index in [9.17, 15) is 4.39 Å². The summed E-state index contributed by atoms with van der Waals surface area (Å²) in [5, 5.41) is 0. The van der Waals surface area contributed by atoms with Crippen LogP contribution in [0.15, 0.2) is 18.2 Å². The van der Waals surface area contributed by atoms with Gasteiger partial charge in [0, 0.05) is 0 Å². The van der Waals surface area contributed by atoms with Gasteiger partial charge in [0.15, 0.2) is 0 Å². The largest absolute Gasteiger partial charge is 0.494 e. The van der Waals surface area contributed by atoms with Gasteiger partial charge in [-0.25, -0.2) is 4.39 Å². The monoisotopic (exact) mass is 392 g/mol. The number of alkyl halides is 1. The lowest BCUT2D eigenvalue weighted by atomic mass is 9.71. The average Bonchev–Trinajstić information content (AvgIpc) is 2.92. The van der Waals surface area contributed by atoms with Crippen molar-refractivity contribution in [2.75, 3.05) is 13.3 Å². The Hall–Kier alpha value is -1.08. The summed E-state index contributed by atoms with van der Waals surface area (Å²) in [6.45, 7) is 15.5. The molecular formula is C20H31B2FO5. The zero-order valence-corrected chi connectivity index (χ0v) is 18.2. The minimum atomic E-state index is -0.563. The van der Waals surface area contributed by atoms with Crippen LogP contribution in [0, 0.1) is 0 Å². The second-order valence-corrected chi connectivity index (χ2v) is 9.55. The van der Waals surface area contributed by atoms with E-state index in [1.165, 1.54) is 0 Å². The van der Waals surface area contributed by atoms with Crippen molar-refractivity contribution in [2.24, 2.45) is 0 Å². The molecular weight excluding hydrogens is 361 g/mol. The Morgan fingerprint density at radius 1 is 0.714 bits per heavy atom. The number of ether oxygens (including phenoxy) is 1. The first kappa shape index (κ1) is 21.6. The van der Waals surface area contributed by atoms with Gasteiger partial charge in [-0.3, -0.25) is 0 Å². The third kappa shape index (κ3) is 3.84. The predicted molar refractivity (Wildman–Crippen MR) is 109 cm³/mol. The van der Waals surface area contributed by atoms with Gasteiger partial charge in [0.05, 0.1) is 22.4 Å². The number of halogens is 1. The highest BCUT2D eigenvalue weighted by Crippen LogP contribution is 2.38. The first-order chi connectivity index (χ1) is 12.8. The highest BCUT2D eigenvalue weighted by Gasteiger charge is 2.54. The van der Waals surface area contributed by atoms with Crippen molar-refractivity contribution in [3.63, 3.8) is 0 Å². The van der Waals surface area contributed by atoms with E-state index in [1.54, 1.807) is 0 Å². The van der Waals surface area contributed by atoms with Crippen LogP contribution in [0.5, 0.6) is 5.75 Å². The van der Waals surface area contributed by atoms with Crippen molar-refractivity contribution in [2.45, 2.75) is 77.8 Å². The number of hydrogen-bond acceptors (Lipinski definition) is 5. The Labute approximate surface area is 168 Å². The molecule has 0 spiro atoms. The zero-order chi connectivity index (χ0) is 21.0. The minimum Gasteiger partial charge on any atom is -0.491 e.